The molecule has 5 heteroatoms. The van der Waals surface area contributed by atoms with E-state index in [2.05, 4.69) is 10.3 Å². The van der Waals surface area contributed by atoms with Crippen LogP contribution in [0.5, 0.6) is 0 Å². The molecular formula is C19H24N2O3. The van der Waals surface area contributed by atoms with Gasteiger partial charge in [0.25, 0.3) is 0 Å². The molecule has 1 unspecified atom stereocenters. The number of carbonyl (C=O) groups is 1. The minimum atomic E-state index is -0.449. The van der Waals surface area contributed by atoms with Crippen LogP contribution in [-0.2, 0) is 11.2 Å². The van der Waals surface area contributed by atoms with Crippen LogP contribution in [-0.4, -0.2) is 28.6 Å². The van der Waals surface area contributed by atoms with E-state index in [0.29, 0.717) is 29.8 Å². The average molecular weight is 328 g/mol. The van der Waals surface area contributed by atoms with E-state index >= 15 is 0 Å². The fourth-order valence-corrected chi connectivity index (χ4v) is 3.24. The van der Waals surface area contributed by atoms with Gasteiger partial charge >= 0.3 is 0 Å². The largest absolute Gasteiger partial charge is 0.441 e. The average Bonchev–Trinajstić information content (AvgIpc) is 3.24. The Balaban J connectivity index is 1.55. The molecule has 1 aromatic carbocycles. The molecule has 1 heterocycles. The van der Waals surface area contributed by atoms with Gasteiger partial charge in [0.1, 0.15) is 5.76 Å². The molecule has 0 bridgehead atoms. The van der Waals surface area contributed by atoms with E-state index in [4.69, 9.17) is 4.42 Å². The number of hydrogen-bond acceptors (Lipinski definition) is 4. The van der Waals surface area contributed by atoms with Gasteiger partial charge in [0.2, 0.25) is 11.8 Å². The highest BCUT2D eigenvalue weighted by molar-refractivity contribution is 5.78. The van der Waals surface area contributed by atoms with Crippen molar-refractivity contribution >= 4 is 5.91 Å². The fourth-order valence-electron chi connectivity index (χ4n) is 3.24. The predicted octanol–water partition coefficient (Wildman–Crippen LogP) is 2.86. The summed E-state index contributed by atoms with van der Waals surface area (Å²) in [5, 5.41) is 12.9. The van der Waals surface area contributed by atoms with Crippen molar-refractivity contribution in [2.24, 2.45) is 5.92 Å². The maximum Gasteiger partial charge on any atom is 0.226 e. The summed E-state index contributed by atoms with van der Waals surface area (Å²) in [5.74, 6) is 1.37. The number of aryl methyl sites for hydroxylation is 1. The normalized spacial score (nSPS) is 16.2. The van der Waals surface area contributed by atoms with Crippen LogP contribution in [0.4, 0.5) is 0 Å². The molecule has 5 nitrogen and oxygen atoms in total. The lowest BCUT2D eigenvalue weighted by Crippen LogP contribution is -2.36. The number of nitrogens with zero attached hydrogens (tertiary/aromatic N) is 1. The van der Waals surface area contributed by atoms with Gasteiger partial charge in [-0.1, -0.05) is 31.0 Å². The first kappa shape index (κ1) is 16.7. The molecule has 1 amide bonds. The second-order valence-electron chi connectivity index (χ2n) is 6.48. The van der Waals surface area contributed by atoms with Crippen molar-refractivity contribution in [2.75, 3.05) is 6.54 Å². The second-order valence-corrected chi connectivity index (χ2v) is 6.48. The highest BCUT2D eigenvalue weighted by atomic mass is 16.4. The Hall–Kier alpha value is -2.14. The van der Waals surface area contributed by atoms with Crippen LogP contribution in [0.2, 0.25) is 0 Å². The first-order valence-corrected chi connectivity index (χ1v) is 8.60. The zero-order chi connectivity index (χ0) is 16.9. The lowest BCUT2D eigenvalue weighted by Gasteiger charge is -2.17. The van der Waals surface area contributed by atoms with Gasteiger partial charge in [-0.25, -0.2) is 4.98 Å². The van der Waals surface area contributed by atoms with Gasteiger partial charge in [-0.05, 0) is 37.8 Å². The molecule has 1 atom stereocenters. The van der Waals surface area contributed by atoms with Gasteiger partial charge in [-0.15, -0.1) is 0 Å². The van der Waals surface area contributed by atoms with Crippen molar-refractivity contribution in [2.45, 2.75) is 45.1 Å². The van der Waals surface area contributed by atoms with E-state index in [9.17, 15) is 9.90 Å². The standard InChI is InChI=1S/C19H24N2O3/c1-13-16(21-19(24-13)15-9-3-2-4-10-15)11-18(23)20-12-17(22)14-7-5-6-8-14/h2-4,9-10,14,17,22H,5-8,11-12H2,1H3,(H,20,23). The second kappa shape index (κ2) is 7.62. The van der Waals surface area contributed by atoms with Crippen LogP contribution < -0.4 is 5.32 Å². The maximum atomic E-state index is 12.1. The number of rotatable bonds is 6. The number of aliphatic hydroxyl groups is 1. The lowest BCUT2D eigenvalue weighted by molar-refractivity contribution is -0.121. The highest BCUT2D eigenvalue weighted by Crippen LogP contribution is 2.27. The van der Waals surface area contributed by atoms with Crippen molar-refractivity contribution in [3.63, 3.8) is 0 Å². The van der Waals surface area contributed by atoms with Crippen LogP contribution in [0.25, 0.3) is 11.5 Å². The Morgan fingerprint density at radius 1 is 1.33 bits per heavy atom. The van der Waals surface area contributed by atoms with E-state index in [1.165, 1.54) is 12.8 Å². The van der Waals surface area contributed by atoms with Gasteiger partial charge in [0, 0.05) is 12.1 Å². The number of benzene rings is 1. The smallest absolute Gasteiger partial charge is 0.226 e. The molecule has 1 aromatic heterocycles. The van der Waals surface area contributed by atoms with E-state index < -0.39 is 6.10 Å². The minimum absolute atomic E-state index is 0.136. The Morgan fingerprint density at radius 2 is 2.04 bits per heavy atom. The van der Waals surface area contributed by atoms with Crippen molar-refractivity contribution < 1.29 is 14.3 Å². The summed E-state index contributed by atoms with van der Waals surface area (Å²) in [6.07, 6.45) is 4.18. The number of nitrogens with one attached hydrogen (secondary N) is 1. The van der Waals surface area contributed by atoms with Crippen molar-refractivity contribution in [3.8, 4) is 11.5 Å². The monoisotopic (exact) mass is 328 g/mol. The molecule has 2 aromatic rings. The number of carbonyl (C=O) groups excluding carboxylic acids is 1. The number of aromatic nitrogens is 1. The third-order valence-corrected chi connectivity index (χ3v) is 4.69. The molecule has 1 aliphatic rings. The zero-order valence-electron chi connectivity index (χ0n) is 14.0. The lowest BCUT2D eigenvalue weighted by atomic mass is 10.0. The third kappa shape index (κ3) is 4.03. The molecule has 0 aliphatic heterocycles. The van der Waals surface area contributed by atoms with Crippen molar-refractivity contribution in [1.82, 2.24) is 10.3 Å². The summed E-state index contributed by atoms with van der Waals surface area (Å²) in [4.78, 5) is 16.6. The number of oxazole rings is 1. The number of hydrogen-bond donors (Lipinski definition) is 2. The molecule has 1 saturated carbocycles. The van der Waals surface area contributed by atoms with Crippen LogP contribution in [0, 0.1) is 12.8 Å². The SMILES string of the molecule is Cc1oc(-c2ccccc2)nc1CC(=O)NCC(O)C1CCCC1. The van der Waals surface area contributed by atoms with Gasteiger partial charge in [-0.2, -0.15) is 0 Å². The third-order valence-electron chi connectivity index (χ3n) is 4.69. The molecule has 0 spiro atoms. The van der Waals surface area contributed by atoms with Crippen LogP contribution in [0.15, 0.2) is 34.7 Å². The summed E-state index contributed by atoms with van der Waals surface area (Å²) in [7, 11) is 0. The van der Waals surface area contributed by atoms with Crippen LogP contribution in [0.3, 0.4) is 0 Å². The van der Waals surface area contributed by atoms with Crippen LogP contribution >= 0.6 is 0 Å². The van der Waals surface area contributed by atoms with Crippen molar-refractivity contribution in [1.29, 1.82) is 0 Å². The van der Waals surface area contributed by atoms with Gasteiger partial charge in [0.15, 0.2) is 0 Å². The molecule has 128 valence electrons. The Labute approximate surface area is 142 Å². The topological polar surface area (TPSA) is 75.4 Å². The molecule has 2 N–H and O–H groups in total. The number of aliphatic hydroxyl groups excluding tert-OH is 1. The first-order valence-electron chi connectivity index (χ1n) is 8.60. The quantitative estimate of drug-likeness (QED) is 0.855. The summed E-state index contributed by atoms with van der Waals surface area (Å²) in [5.41, 5.74) is 1.53. The minimum Gasteiger partial charge on any atom is -0.441 e. The molecule has 0 radical (unpaired) electrons. The first-order chi connectivity index (χ1) is 11.6. The predicted molar refractivity (Wildman–Crippen MR) is 91.4 cm³/mol. The summed E-state index contributed by atoms with van der Waals surface area (Å²) < 4.78 is 5.67. The van der Waals surface area contributed by atoms with Gasteiger partial charge in [-0.3, -0.25) is 4.79 Å². The van der Waals surface area contributed by atoms with E-state index in [1.807, 2.05) is 37.3 Å². The Kier molecular flexibility index (Phi) is 5.30. The fraction of sp³-hybridized carbons (Fsp3) is 0.474. The number of amides is 1. The molecule has 24 heavy (non-hydrogen) atoms. The Morgan fingerprint density at radius 3 is 2.75 bits per heavy atom. The summed E-state index contributed by atoms with van der Waals surface area (Å²) in [6, 6.07) is 9.63. The van der Waals surface area contributed by atoms with Crippen LogP contribution in [0.1, 0.15) is 37.1 Å². The highest BCUT2D eigenvalue weighted by Gasteiger charge is 2.23. The molecule has 1 aliphatic carbocycles. The molecule has 3 rings (SSSR count). The molecular weight excluding hydrogens is 304 g/mol. The van der Waals surface area contributed by atoms with E-state index in [0.717, 1.165) is 18.4 Å². The summed E-state index contributed by atoms with van der Waals surface area (Å²) in [6.45, 7) is 2.13. The molecule has 0 saturated heterocycles. The van der Waals surface area contributed by atoms with Gasteiger partial charge < -0.3 is 14.8 Å². The van der Waals surface area contributed by atoms with E-state index in [1.54, 1.807) is 0 Å². The van der Waals surface area contributed by atoms with Crippen molar-refractivity contribution in [3.05, 3.63) is 41.8 Å². The zero-order valence-corrected chi connectivity index (χ0v) is 14.0. The maximum absolute atomic E-state index is 12.1. The summed E-state index contributed by atoms with van der Waals surface area (Å²) >= 11 is 0. The molecule has 1 fully saturated rings. The van der Waals surface area contributed by atoms with E-state index in [-0.39, 0.29) is 12.3 Å². The Bertz CT molecular complexity index is 675. The van der Waals surface area contributed by atoms with Gasteiger partial charge in [0.05, 0.1) is 18.2 Å².